The molecule has 0 bridgehead atoms. The van der Waals surface area contributed by atoms with E-state index in [0.29, 0.717) is 0 Å². The summed E-state index contributed by atoms with van der Waals surface area (Å²) in [5.74, 6) is 0.867. The van der Waals surface area contributed by atoms with E-state index in [-0.39, 0.29) is 18.3 Å². The molecule has 4 atom stereocenters. The zero-order valence-electron chi connectivity index (χ0n) is 17.5. The second kappa shape index (κ2) is 8.48. The smallest absolute Gasteiger partial charge is 0.187 e. The summed E-state index contributed by atoms with van der Waals surface area (Å²) in [6.07, 6.45) is 4.71. The molecule has 152 valence electrons. The molecule has 0 N–H and O–H groups in total. The number of hydrogen-bond donors (Lipinski definition) is 0. The first-order valence-electron chi connectivity index (χ1n) is 10.0. The van der Waals surface area contributed by atoms with Crippen LogP contribution in [0.4, 0.5) is 0 Å². The molecule has 0 saturated carbocycles. The van der Waals surface area contributed by atoms with Crippen molar-refractivity contribution >= 4 is 0 Å². The van der Waals surface area contributed by atoms with Gasteiger partial charge >= 0.3 is 0 Å². The molecule has 1 aromatic rings. The number of benzene rings is 1. The Balaban J connectivity index is 2.00. The second-order valence-corrected chi connectivity index (χ2v) is 8.08. The Kier molecular flexibility index (Phi) is 6.46. The lowest BCUT2D eigenvalue weighted by molar-refractivity contribution is -0.207. The van der Waals surface area contributed by atoms with Gasteiger partial charge in [0.2, 0.25) is 0 Å². The fourth-order valence-electron chi connectivity index (χ4n) is 4.34. The summed E-state index contributed by atoms with van der Waals surface area (Å²) in [5.41, 5.74) is 2.79. The van der Waals surface area contributed by atoms with Crippen LogP contribution in [-0.2, 0) is 25.4 Å². The van der Waals surface area contributed by atoms with E-state index in [1.165, 1.54) is 12.8 Å². The van der Waals surface area contributed by atoms with E-state index in [2.05, 4.69) is 32.9 Å². The van der Waals surface area contributed by atoms with E-state index in [9.17, 15) is 0 Å². The molecule has 0 radical (unpaired) electrons. The maximum atomic E-state index is 6.44. The minimum Gasteiger partial charge on any atom is -0.484 e. The van der Waals surface area contributed by atoms with Crippen LogP contribution in [0.1, 0.15) is 75.5 Å². The van der Waals surface area contributed by atoms with Crippen molar-refractivity contribution in [3.05, 3.63) is 28.8 Å². The molecular formula is C22H34O5. The molecular weight excluding hydrogens is 344 g/mol. The zero-order valence-corrected chi connectivity index (χ0v) is 17.5. The number of ether oxygens (including phenoxy) is 5. The Morgan fingerprint density at radius 3 is 2.48 bits per heavy atom. The molecule has 2 heterocycles. The predicted octanol–water partition coefficient (Wildman–Crippen LogP) is 4.73. The fraction of sp³-hybridized carbons (Fsp3) is 0.727. The Labute approximate surface area is 163 Å². The zero-order chi connectivity index (χ0) is 19.6. The molecule has 0 amide bonds. The molecule has 2 aliphatic rings. The van der Waals surface area contributed by atoms with Crippen LogP contribution in [0.5, 0.6) is 5.75 Å². The highest BCUT2D eigenvalue weighted by Crippen LogP contribution is 2.48. The van der Waals surface area contributed by atoms with E-state index in [1.807, 2.05) is 0 Å². The molecule has 0 spiro atoms. The first-order chi connectivity index (χ1) is 13.0. The van der Waals surface area contributed by atoms with Gasteiger partial charge in [0.15, 0.2) is 6.29 Å². The van der Waals surface area contributed by atoms with Gasteiger partial charge in [-0.05, 0) is 31.4 Å². The lowest BCUT2D eigenvalue weighted by atomic mass is 9.85. The summed E-state index contributed by atoms with van der Waals surface area (Å²) in [7, 11) is 5.18. The molecule has 3 rings (SSSR count). The molecule has 27 heavy (non-hydrogen) atoms. The van der Waals surface area contributed by atoms with Gasteiger partial charge in [-0.1, -0.05) is 38.3 Å². The maximum absolute atomic E-state index is 6.44. The Morgan fingerprint density at radius 1 is 1.07 bits per heavy atom. The van der Waals surface area contributed by atoms with Gasteiger partial charge in [0.25, 0.3) is 0 Å². The Morgan fingerprint density at radius 2 is 1.85 bits per heavy atom. The first-order valence-corrected chi connectivity index (χ1v) is 10.0. The number of rotatable bonds is 7. The molecule has 0 aliphatic carbocycles. The SMILES string of the molecule is CCCCC[C@@H]1O[C@@H](OC)c2c(ccc3c2OC(C)(C)[C@H](OC)C3)[C@@H]1OC. The van der Waals surface area contributed by atoms with Gasteiger partial charge in [-0.25, -0.2) is 0 Å². The normalized spacial score (nSPS) is 29.0. The van der Waals surface area contributed by atoms with Gasteiger partial charge in [0.05, 0.1) is 11.7 Å². The average molecular weight is 379 g/mol. The first kappa shape index (κ1) is 20.6. The molecule has 0 aromatic heterocycles. The summed E-state index contributed by atoms with van der Waals surface area (Å²) in [5, 5.41) is 0. The van der Waals surface area contributed by atoms with Gasteiger partial charge in [0.1, 0.15) is 23.6 Å². The van der Waals surface area contributed by atoms with Crippen LogP contribution in [0.3, 0.4) is 0 Å². The maximum Gasteiger partial charge on any atom is 0.187 e. The van der Waals surface area contributed by atoms with Gasteiger partial charge < -0.3 is 23.7 Å². The number of hydrogen-bond acceptors (Lipinski definition) is 5. The van der Waals surface area contributed by atoms with Gasteiger partial charge in [-0.15, -0.1) is 0 Å². The van der Waals surface area contributed by atoms with Crippen LogP contribution in [0.25, 0.3) is 0 Å². The number of fused-ring (bicyclic) bond motifs is 3. The van der Waals surface area contributed by atoms with Crippen LogP contribution in [0.15, 0.2) is 12.1 Å². The Hall–Kier alpha value is -1.14. The van der Waals surface area contributed by atoms with Crippen LogP contribution in [-0.4, -0.2) is 39.1 Å². The molecule has 5 nitrogen and oxygen atoms in total. The van der Waals surface area contributed by atoms with Gasteiger partial charge in [-0.2, -0.15) is 0 Å². The third-order valence-corrected chi connectivity index (χ3v) is 5.88. The third-order valence-electron chi connectivity index (χ3n) is 5.88. The quantitative estimate of drug-likeness (QED) is 0.642. The highest BCUT2D eigenvalue weighted by Gasteiger charge is 2.43. The number of methoxy groups -OCH3 is 3. The summed E-state index contributed by atoms with van der Waals surface area (Å²) in [6.45, 7) is 6.34. The largest absolute Gasteiger partial charge is 0.484 e. The van der Waals surface area contributed by atoms with Crippen molar-refractivity contribution in [3.63, 3.8) is 0 Å². The molecule has 2 aliphatic heterocycles. The third kappa shape index (κ3) is 3.88. The molecule has 0 unspecified atom stereocenters. The summed E-state index contributed by atoms with van der Waals surface area (Å²) >= 11 is 0. The lowest BCUT2D eigenvalue weighted by Crippen LogP contribution is -2.48. The van der Waals surface area contributed by atoms with Crippen LogP contribution < -0.4 is 4.74 Å². The van der Waals surface area contributed by atoms with Gasteiger partial charge in [0, 0.05) is 27.8 Å². The van der Waals surface area contributed by atoms with Crippen molar-refractivity contribution in [2.75, 3.05) is 21.3 Å². The van der Waals surface area contributed by atoms with Crippen molar-refractivity contribution in [2.45, 2.75) is 83.1 Å². The molecule has 0 fully saturated rings. The van der Waals surface area contributed by atoms with E-state index in [1.54, 1.807) is 21.3 Å². The van der Waals surface area contributed by atoms with Crippen LogP contribution >= 0.6 is 0 Å². The highest BCUT2D eigenvalue weighted by atomic mass is 16.7. The van der Waals surface area contributed by atoms with Crippen molar-refractivity contribution in [1.29, 1.82) is 0 Å². The van der Waals surface area contributed by atoms with E-state index >= 15 is 0 Å². The molecule has 0 saturated heterocycles. The second-order valence-electron chi connectivity index (χ2n) is 8.08. The van der Waals surface area contributed by atoms with E-state index < -0.39 is 11.9 Å². The van der Waals surface area contributed by atoms with Gasteiger partial charge in [-0.3, -0.25) is 0 Å². The summed E-state index contributed by atoms with van der Waals surface area (Å²) < 4.78 is 30.1. The minimum absolute atomic E-state index is 0.00793. The topological polar surface area (TPSA) is 46.2 Å². The standard InChI is InChI=1S/C22H34O5/c1-7-8-9-10-16-20(24-5)15-12-11-14-13-17(23-4)22(2,3)27-19(14)18(15)21(25-6)26-16/h11-12,16-17,20-21H,7-10,13H2,1-6H3/t16-,17+,20-,21+/m0/s1. The van der Waals surface area contributed by atoms with Crippen molar-refractivity contribution in [3.8, 4) is 5.75 Å². The lowest BCUT2D eigenvalue weighted by Gasteiger charge is -2.43. The number of unbranched alkanes of at least 4 members (excludes halogenated alkanes) is 2. The summed E-state index contributed by atoms with van der Waals surface area (Å²) in [6, 6.07) is 4.29. The highest BCUT2D eigenvalue weighted by molar-refractivity contribution is 5.51. The molecule has 5 heteroatoms. The fourth-order valence-corrected chi connectivity index (χ4v) is 4.34. The van der Waals surface area contributed by atoms with Crippen LogP contribution in [0.2, 0.25) is 0 Å². The summed E-state index contributed by atoms with van der Waals surface area (Å²) in [4.78, 5) is 0. The average Bonchev–Trinajstić information content (AvgIpc) is 2.65. The van der Waals surface area contributed by atoms with E-state index in [0.717, 1.165) is 41.7 Å². The van der Waals surface area contributed by atoms with E-state index in [4.69, 9.17) is 23.7 Å². The monoisotopic (exact) mass is 378 g/mol. The van der Waals surface area contributed by atoms with Crippen molar-refractivity contribution < 1.29 is 23.7 Å². The van der Waals surface area contributed by atoms with Crippen LogP contribution in [0, 0.1) is 0 Å². The minimum atomic E-state index is -0.442. The molecule has 1 aromatic carbocycles. The van der Waals surface area contributed by atoms with Crippen molar-refractivity contribution in [1.82, 2.24) is 0 Å². The predicted molar refractivity (Wildman–Crippen MR) is 104 cm³/mol. The van der Waals surface area contributed by atoms with Crippen molar-refractivity contribution in [2.24, 2.45) is 0 Å². The Bertz CT molecular complexity index is 642.